The number of rotatable bonds is 4. The van der Waals surface area contributed by atoms with Gasteiger partial charge in [-0.05, 0) is 26.0 Å². The van der Waals surface area contributed by atoms with Crippen LogP contribution in [0.1, 0.15) is 40.0 Å². The number of hydrogen-bond acceptors (Lipinski definition) is 5. The summed E-state index contributed by atoms with van der Waals surface area (Å²) < 4.78 is 5.57. The molecule has 0 saturated carbocycles. The monoisotopic (exact) mass is 343 g/mol. The normalized spacial score (nSPS) is 20.1. The van der Waals surface area contributed by atoms with Gasteiger partial charge in [0.1, 0.15) is 11.6 Å². The van der Waals surface area contributed by atoms with Crippen LogP contribution >= 0.6 is 0 Å². The molecular formula is C18H25N5O2. The fraction of sp³-hybridized carbons (Fsp3) is 0.500. The molecule has 134 valence electrons. The fourth-order valence-corrected chi connectivity index (χ4v) is 3.15. The second-order valence-electron chi connectivity index (χ2n) is 6.70. The number of aromatic amines is 1. The van der Waals surface area contributed by atoms with Gasteiger partial charge < -0.3 is 19.5 Å². The van der Waals surface area contributed by atoms with E-state index in [4.69, 9.17) is 4.74 Å². The second kappa shape index (κ2) is 6.84. The zero-order chi connectivity index (χ0) is 18.1. The molecule has 1 amide bonds. The molecule has 1 fully saturated rings. The third kappa shape index (κ3) is 3.37. The van der Waals surface area contributed by atoms with Gasteiger partial charge in [0.2, 0.25) is 0 Å². The highest BCUT2D eigenvalue weighted by Gasteiger charge is 2.36. The van der Waals surface area contributed by atoms with Crippen LogP contribution in [0.25, 0.3) is 0 Å². The largest absolute Gasteiger partial charge is 0.380 e. The van der Waals surface area contributed by atoms with Gasteiger partial charge in [-0.1, -0.05) is 0 Å². The molecule has 0 spiro atoms. The maximum absolute atomic E-state index is 12.0. The molecule has 1 N–H and O–H groups in total. The molecule has 1 saturated heterocycles. The minimum absolute atomic E-state index is 0.0518. The molecule has 3 rings (SSSR count). The van der Waals surface area contributed by atoms with Gasteiger partial charge in [-0.15, -0.1) is 0 Å². The molecule has 7 heteroatoms. The lowest BCUT2D eigenvalue weighted by molar-refractivity contribution is 0.0827. The van der Waals surface area contributed by atoms with Crippen molar-refractivity contribution < 1.29 is 9.53 Å². The van der Waals surface area contributed by atoms with Crippen LogP contribution < -0.4 is 4.90 Å². The van der Waals surface area contributed by atoms with Crippen LogP contribution in [0.4, 0.5) is 5.82 Å². The Morgan fingerprint density at radius 2 is 2.12 bits per heavy atom. The average Bonchev–Trinajstić information content (AvgIpc) is 3.18. The number of aromatic nitrogens is 3. The molecule has 1 aliphatic heterocycles. The lowest BCUT2D eigenvalue weighted by Crippen LogP contribution is -2.27. The van der Waals surface area contributed by atoms with Crippen molar-refractivity contribution in [3.8, 4) is 0 Å². The molecule has 7 nitrogen and oxygen atoms in total. The Labute approximate surface area is 148 Å². The summed E-state index contributed by atoms with van der Waals surface area (Å²) in [5, 5.41) is 0. The number of methoxy groups -OCH3 is 1. The number of pyridine rings is 1. The maximum atomic E-state index is 12.0. The van der Waals surface area contributed by atoms with E-state index >= 15 is 0 Å². The Morgan fingerprint density at radius 3 is 2.64 bits per heavy atom. The Morgan fingerprint density at radius 1 is 1.36 bits per heavy atom. The number of nitrogens with one attached hydrogen (secondary N) is 1. The van der Waals surface area contributed by atoms with E-state index < -0.39 is 0 Å². The number of aryl methyl sites for hydroxylation is 2. The first-order valence-corrected chi connectivity index (χ1v) is 8.41. The Balaban J connectivity index is 1.88. The van der Waals surface area contributed by atoms with Crippen molar-refractivity contribution in [1.29, 1.82) is 0 Å². The van der Waals surface area contributed by atoms with Crippen molar-refractivity contribution in [1.82, 2.24) is 19.9 Å². The van der Waals surface area contributed by atoms with Crippen molar-refractivity contribution in [2.75, 3.05) is 32.6 Å². The topological polar surface area (TPSA) is 74.3 Å². The highest BCUT2D eigenvalue weighted by Crippen LogP contribution is 2.35. The summed E-state index contributed by atoms with van der Waals surface area (Å²) >= 11 is 0. The lowest BCUT2D eigenvalue weighted by Gasteiger charge is -2.24. The first-order chi connectivity index (χ1) is 11.9. The Hall–Kier alpha value is -2.41. The number of nitrogens with zero attached hydrogens (tertiary/aromatic N) is 4. The molecule has 0 bridgehead atoms. The summed E-state index contributed by atoms with van der Waals surface area (Å²) in [5.41, 5.74) is 2.67. The van der Waals surface area contributed by atoms with Gasteiger partial charge in [0.25, 0.3) is 5.91 Å². The van der Waals surface area contributed by atoms with Gasteiger partial charge in [-0.3, -0.25) is 4.79 Å². The number of ether oxygens (including phenoxy) is 1. The zero-order valence-corrected chi connectivity index (χ0v) is 15.4. The quantitative estimate of drug-likeness (QED) is 0.920. The SMILES string of the molecule is CO[C@@H]1C[C@@H](c2nc(C)c(C)[nH]2)N(c2ccc(C(=O)N(C)C)cn2)C1. The summed E-state index contributed by atoms with van der Waals surface area (Å²) in [6.07, 6.45) is 2.61. The number of carbonyl (C=O) groups is 1. The van der Waals surface area contributed by atoms with Crippen LogP contribution in [0.3, 0.4) is 0 Å². The summed E-state index contributed by atoms with van der Waals surface area (Å²) in [4.78, 5) is 28.3. The minimum atomic E-state index is -0.0518. The molecular weight excluding hydrogens is 318 g/mol. The van der Waals surface area contributed by atoms with Crippen molar-refractivity contribution >= 4 is 11.7 Å². The molecule has 0 aliphatic carbocycles. The predicted octanol–water partition coefficient (Wildman–Crippen LogP) is 2.09. The Bertz CT molecular complexity index is 734. The summed E-state index contributed by atoms with van der Waals surface area (Å²) in [7, 11) is 5.20. The fourth-order valence-electron chi connectivity index (χ4n) is 3.15. The van der Waals surface area contributed by atoms with Crippen LogP contribution in [-0.2, 0) is 4.74 Å². The summed E-state index contributed by atoms with van der Waals surface area (Å²) in [6, 6.07) is 3.80. The number of amides is 1. The predicted molar refractivity (Wildman–Crippen MR) is 95.8 cm³/mol. The van der Waals surface area contributed by atoms with Gasteiger partial charge in [0.05, 0.1) is 23.4 Å². The van der Waals surface area contributed by atoms with Crippen molar-refractivity contribution in [3.63, 3.8) is 0 Å². The first-order valence-electron chi connectivity index (χ1n) is 8.41. The summed E-state index contributed by atoms with van der Waals surface area (Å²) in [6.45, 7) is 4.77. The minimum Gasteiger partial charge on any atom is -0.380 e. The van der Waals surface area contributed by atoms with E-state index in [9.17, 15) is 4.79 Å². The number of anilines is 1. The zero-order valence-electron chi connectivity index (χ0n) is 15.4. The molecule has 0 radical (unpaired) electrons. The first kappa shape index (κ1) is 17.4. The molecule has 2 aromatic rings. The van der Waals surface area contributed by atoms with E-state index in [0.29, 0.717) is 5.56 Å². The van der Waals surface area contributed by atoms with E-state index in [2.05, 4.69) is 19.9 Å². The molecule has 2 atom stereocenters. The van der Waals surface area contributed by atoms with Crippen LogP contribution in [0.2, 0.25) is 0 Å². The highest BCUT2D eigenvalue weighted by atomic mass is 16.5. The second-order valence-corrected chi connectivity index (χ2v) is 6.70. The van der Waals surface area contributed by atoms with Crippen molar-refractivity contribution in [2.45, 2.75) is 32.4 Å². The van der Waals surface area contributed by atoms with Gasteiger partial charge >= 0.3 is 0 Å². The molecule has 3 heterocycles. The van der Waals surface area contributed by atoms with E-state index in [1.165, 1.54) is 0 Å². The van der Waals surface area contributed by atoms with Crippen LogP contribution in [0.5, 0.6) is 0 Å². The summed E-state index contributed by atoms with van der Waals surface area (Å²) in [5.74, 6) is 1.71. The van der Waals surface area contributed by atoms with Gasteiger partial charge in [-0.25, -0.2) is 9.97 Å². The lowest BCUT2D eigenvalue weighted by atomic mass is 10.2. The van der Waals surface area contributed by atoms with E-state index in [1.807, 2.05) is 26.0 Å². The van der Waals surface area contributed by atoms with Gasteiger partial charge in [0, 0.05) is 46.1 Å². The highest BCUT2D eigenvalue weighted by molar-refractivity contribution is 5.93. The maximum Gasteiger partial charge on any atom is 0.254 e. The van der Waals surface area contributed by atoms with Crippen molar-refractivity contribution in [2.24, 2.45) is 0 Å². The number of hydrogen-bond donors (Lipinski definition) is 1. The molecule has 1 aliphatic rings. The van der Waals surface area contributed by atoms with Crippen LogP contribution in [-0.4, -0.2) is 59.6 Å². The third-order valence-corrected chi connectivity index (χ3v) is 4.75. The van der Waals surface area contributed by atoms with Crippen LogP contribution in [0.15, 0.2) is 18.3 Å². The van der Waals surface area contributed by atoms with E-state index in [0.717, 1.165) is 36.0 Å². The Kier molecular flexibility index (Phi) is 4.76. The molecule has 25 heavy (non-hydrogen) atoms. The van der Waals surface area contributed by atoms with E-state index in [1.54, 1.807) is 32.3 Å². The van der Waals surface area contributed by atoms with Gasteiger partial charge in [-0.2, -0.15) is 0 Å². The average molecular weight is 343 g/mol. The number of H-pyrrole nitrogens is 1. The molecule has 0 aromatic carbocycles. The number of imidazole rings is 1. The molecule has 2 aromatic heterocycles. The molecule has 0 unspecified atom stereocenters. The van der Waals surface area contributed by atoms with Crippen LogP contribution in [0, 0.1) is 13.8 Å². The smallest absolute Gasteiger partial charge is 0.254 e. The third-order valence-electron chi connectivity index (χ3n) is 4.75. The number of carbonyl (C=O) groups excluding carboxylic acids is 1. The standard InChI is InChI=1S/C18H25N5O2/c1-11-12(2)21-17(20-11)15-8-14(25-5)10-23(15)16-7-6-13(9-19-16)18(24)22(3)4/h6-7,9,14-15H,8,10H2,1-5H3,(H,20,21)/t14-,15+/m1/s1. The van der Waals surface area contributed by atoms with E-state index in [-0.39, 0.29) is 18.1 Å². The van der Waals surface area contributed by atoms with Gasteiger partial charge in [0.15, 0.2) is 0 Å². The van der Waals surface area contributed by atoms with Crippen molar-refractivity contribution in [3.05, 3.63) is 41.1 Å².